The van der Waals surface area contributed by atoms with E-state index in [4.69, 9.17) is 9.47 Å². The van der Waals surface area contributed by atoms with E-state index in [1.165, 1.54) is 19.9 Å². The van der Waals surface area contributed by atoms with Gasteiger partial charge in [-0.3, -0.25) is 24.0 Å². The zero-order valence-corrected chi connectivity index (χ0v) is 29.2. The fourth-order valence-corrected chi connectivity index (χ4v) is 6.00. The molecule has 3 aliphatic rings. The smallest absolute Gasteiger partial charge is 0.265 e. The molecule has 2 bridgehead atoms. The number of likely N-dealkylation sites (tertiary alicyclic amines) is 1. The molecule has 13 heteroatoms. The Morgan fingerprint density at radius 3 is 2.15 bits per heavy atom. The quantitative estimate of drug-likeness (QED) is 0.197. The van der Waals surface area contributed by atoms with Gasteiger partial charge < -0.3 is 40.7 Å². The molecule has 13 nitrogen and oxygen atoms in total. The number of aliphatic hydroxyl groups is 1. The Hall–Kier alpha value is -5.69. The monoisotopic (exact) mass is 711 g/mol. The Morgan fingerprint density at radius 1 is 0.865 bits per heavy atom. The maximum absolute atomic E-state index is 14.1. The van der Waals surface area contributed by atoms with Gasteiger partial charge in [0.25, 0.3) is 5.91 Å². The molecule has 5 N–H and O–H groups in total. The van der Waals surface area contributed by atoms with Gasteiger partial charge in [-0.05, 0) is 55.3 Å². The van der Waals surface area contributed by atoms with Gasteiger partial charge in [-0.15, -0.1) is 0 Å². The van der Waals surface area contributed by atoms with Crippen LogP contribution in [0, 0.1) is 0 Å². The SMILES string of the molecule is C[C@@H]1NC(=O)C([C@@H](C)O)NC(=O)C2(CCN(C(=O)/C=C/c3ccccc3)CC2)Oc2ccc(cc2)OCCNC(=O)[C@H](Cc2ccccc2)NC1=O. The molecule has 1 fully saturated rings. The highest BCUT2D eigenvalue weighted by atomic mass is 16.5. The van der Waals surface area contributed by atoms with Gasteiger partial charge in [-0.1, -0.05) is 60.7 Å². The first-order valence-electron chi connectivity index (χ1n) is 17.4. The summed E-state index contributed by atoms with van der Waals surface area (Å²) in [4.78, 5) is 68.9. The number of rotatable bonds is 5. The number of benzene rings is 3. The molecule has 3 aromatic rings. The number of hydrogen-bond donors (Lipinski definition) is 5. The first kappa shape index (κ1) is 37.6. The molecule has 6 rings (SSSR count). The van der Waals surface area contributed by atoms with E-state index in [0.29, 0.717) is 11.5 Å². The number of carbonyl (C=O) groups excluding carboxylic acids is 5. The van der Waals surface area contributed by atoms with E-state index in [9.17, 15) is 29.1 Å². The van der Waals surface area contributed by atoms with Crippen LogP contribution in [0.3, 0.4) is 0 Å². The molecule has 1 unspecified atom stereocenters. The molecule has 1 saturated heterocycles. The number of fused-ring (bicyclic) bond motifs is 15. The first-order valence-corrected chi connectivity index (χ1v) is 17.4. The zero-order valence-electron chi connectivity index (χ0n) is 29.2. The molecular weight excluding hydrogens is 666 g/mol. The highest BCUT2D eigenvalue weighted by molar-refractivity contribution is 5.96. The van der Waals surface area contributed by atoms with Crippen LogP contribution in [0.4, 0.5) is 0 Å². The van der Waals surface area contributed by atoms with Crippen LogP contribution in [0.15, 0.2) is 91.0 Å². The third-order valence-electron chi connectivity index (χ3n) is 9.04. The second-order valence-electron chi connectivity index (χ2n) is 12.9. The van der Waals surface area contributed by atoms with Gasteiger partial charge >= 0.3 is 0 Å². The van der Waals surface area contributed by atoms with Crippen molar-refractivity contribution < 1.29 is 38.6 Å². The second-order valence-corrected chi connectivity index (χ2v) is 12.9. The molecule has 4 atom stereocenters. The van der Waals surface area contributed by atoms with Crippen molar-refractivity contribution in [1.29, 1.82) is 0 Å². The van der Waals surface area contributed by atoms with Crippen molar-refractivity contribution in [3.63, 3.8) is 0 Å². The lowest BCUT2D eigenvalue weighted by Gasteiger charge is -2.41. The Labute approximate surface area is 302 Å². The number of amides is 5. The van der Waals surface area contributed by atoms with Crippen molar-refractivity contribution in [1.82, 2.24) is 26.2 Å². The van der Waals surface area contributed by atoms with Crippen LogP contribution < -0.4 is 30.7 Å². The van der Waals surface area contributed by atoms with Crippen LogP contribution in [-0.2, 0) is 30.4 Å². The zero-order chi connectivity index (χ0) is 37.1. The molecular formula is C39H45N5O8. The minimum atomic E-state index is -1.51. The predicted molar refractivity (Wildman–Crippen MR) is 193 cm³/mol. The Morgan fingerprint density at radius 2 is 1.50 bits per heavy atom. The first-order chi connectivity index (χ1) is 25.0. The molecule has 0 saturated carbocycles. The van der Waals surface area contributed by atoms with Crippen LogP contribution in [-0.4, -0.2) is 95.6 Å². The summed E-state index contributed by atoms with van der Waals surface area (Å²) in [5.41, 5.74) is 0.187. The van der Waals surface area contributed by atoms with E-state index in [0.717, 1.165) is 11.1 Å². The van der Waals surface area contributed by atoms with E-state index < -0.39 is 53.5 Å². The average molecular weight is 712 g/mol. The molecule has 5 amide bonds. The summed E-state index contributed by atoms with van der Waals surface area (Å²) in [6.07, 6.45) is 2.25. The normalized spacial score (nSPS) is 22.3. The number of ether oxygens (including phenoxy) is 2. The Bertz CT molecular complexity index is 1720. The van der Waals surface area contributed by atoms with Gasteiger partial charge in [-0.2, -0.15) is 0 Å². The fraction of sp³-hybridized carbons (Fsp3) is 0.359. The lowest BCUT2D eigenvalue weighted by atomic mass is 9.89. The third-order valence-corrected chi connectivity index (χ3v) is 9.04. The lowest BCUT2D eigenvalue weighted by molar-refractivity contribution is -0.148. The fourth-order valence-electron chi connectivity index (χ4n) is 6.00. The minimum Gasteiger partial charge on any atom is -0.492 e. The van der Waals surface area contributed by atoms with E-state index in [1.54, 1.807) is 35.2 Å². The summed E-state index contributed by atoms with van der Waals surface area (Å²) in [6.45, 7) is 3.45. The van der Waals surface area contributed by atoms with Gasteiger partial charge in [0.15, 0.2) is 5.60 Å². The summed E-state index contributed by atoms with van der Waals surface area (Å²) in [6, 6.07) is 21.7. The van der Waals surface area contributed by atoms with Crippen molar-refractivity contribution in [3.05, 3.63) is 102 Å². The van der Waals surface area contributed by atoms with Crippen molar-refractivity contribution in [3.8, 4) is 11.5 Å². The molecule has 52 heavy (non-hydrogen) atoms. The molecule has 0 radical (unpaired) electrons. The van der Waals surface area contributed by atoms with Gasteiger partial charge in [0.1, 0.15) is 36.2 Å². The summed E-state index contributed by atoms with van der Waals surface area (Å²) >= 11 is 0. The van der Waals surface area contributed by atoms with Gasteiger partial charge in [0.05, 0.1) is 12.6 Å². The topological polar surface area (TPSA) is 175 Å². The van der Waals surface area contributed by atoms with Crippen molar-refractivity contribution in [2.45, 2.75) is 62.9 Å². The maximum Gasteiger partial charge on any atom is 0.265 e. The van der Waals surface area contributed by atoms with Crippen molar-refractivity contribution >= 4 is 35.6 Å². The predicted octanol–water partition coefficient (Wildman–Crippen LogP) is 1.75. The molecule has 3 aromatic carbocycles. The second kappa shape index (κ2) is 17.5. The number of nitrogens with one attached hydrogen (secondary N) is 4. The highest BCUT2D eigenvalue weighted by Gasteiger charge is 2.46. The van der Waals surface area contributed by atoms with Gasteiger partial charge in [-0.25, -0.2) is 0 Å². The van der Waals surface area contributed by atoms with E-state index in [2.05, 4.69) is 21.3 Å². The van der Waals surface area contributed by atoms with Crippen molar-refractivity contribution in [2.24, 2.45) is 0 Å². The van der Waals surface area contributed by atoms with Crippen LogP contribution in [0.5, 0.6) is 11.5 Å². The maximum atomic E-state index is 14.1. The average Bonchev–Trinajstić information content (AvgIpc) is 3.15. The minimum absolute atomic E-state index is 0.0947. The van der Waals surface area contributed by atoms with E-state index in [1.807, 2.05) is 60.7 Å². The number of aliphatic hydroxyl groups excluding tert-OH is 1. The third kappa shape index (κ3) is 9.97. The number of piperidine rings is 1. The standard InChI is InChI=1S/C39H45N5O8/c1-26-35(47)42-32(25-29-11-7-4-8-12-29)36(48)40-21-24-51-30-14-16-31(17-15-30)52-39(38(50)43-34(27(2)45)37(49)41-26)19-22-44(23-20-39)33(46)18-13-28-9-5-3-6-10-28/h3-18,26-27,32,34,45H,19-25H2,1-2H3,(H,40,48)(H,41,49)(H,42,47)(H,43,50)/b18-13+/t26-,27+,32-,34?/m0/s1. The lowest BCUT2D eigenvalue weighted by Crippen LogP contribution is -2.63. The molecule has 0 aromatic heterocycles. The van der Waals surface area contributed by atoms with Crippen LogP contribution in [0.1, 0.15) is 37.8 Å². The largest absolute Gasteiger partial charge is 0.492 e. The van der Waals surface area contributed by atoms with Crippen LogP contribution in [0.2, 0.25) is 0 Å². The molecule has 0 aliphatic carbocycles. The van der Waals surface area contributed by atoms with Crippen molar-refractivity contribution in [2.75, 3.05) is 26.2 Å². The number of carbonyl (C=O) groups is 5. The molecule has 3 heterocycles. The summed E-state index contributed by atoms with van der Waals surface area (Å²) < 4.78 is 12.2. The molecule has 1 spiro atoms. The molecule has 3 aliphatic heterocycles. The number of hydrogen-bond acceptors (Lipinski definition) is 8. The van der Waals surface area contributed by atoms with E-state index in [-0.39, 0.29) is 51.4 Å². The van der Waals surface area contributed by atoms with Gasteiger partial charge in [0.2, 0.25) is 23.6 Å². The van der Waals surface area contributed by atoms with Crippen LogP contribution in [0.25, 0.3) is 6.08 Å². The Kier molecular flexibility index (Phi) is 12.6. The molecule has 274 valence electrons. The highest BCUT2D eigenvalue weighted by Crippen LogP contribution is 2.31. The summed E-state index contributed by atoms with van der Waals surface area (Å²) in [7, 11) is 0. The van der Waals surface area contributed by atoms with Gasteiger partial charge in [0, 0.05) is 38.4 Å². The van der Waals surface area contributed by atoms with E-state index >= 15 is 0 Å². The number of nitrogens with zero attached hydrogens (tertiary/aromatic N) is 1. The summed E-state index contributed by atoms with van der Waals surface area (Å²) in [5.74, 6) is -1.91. The summed E-state index contributed by atoms with van der Waals surface area (Å²) in [5, 5.41) is 21.4. The Balaban J connectivity index is 1.37. The van der Waals surface area contributed by atoms with Crippen LogP contribution >= 0.6 is 0 Å².